The number of nitrogens with zero attached hydrogens (tertiary/aromatic N) is 2. The lowest BCUT2D eigenvalue weighted by atomic mass is 10.1. The summed E-state index contributed by atoms with van der Waals surface area (Å²) >= 11 is 0. The van der Waals surface area contributed by atoms with Crippen LogP contribution in [0.25, 0.3) is 10.9 Å². The summed E-state index contributed by atoms with van der Waals surface area (Å²) in [5.41, 5.74) is 13.4. The number of benzene rings is 1. The number of hydrogen-bond donors (Lipinski definition) is 3. The second-order valence-corrected chi connectivity index (χ2v) is 3.08. The molecule has 0 saturated heterocycles. The minimum absolute atomic E-state index is 0.0620. The van der Waals surface area contributed by atoms with Gasteiger partial charge in [-0.15, -0.1) is 0 Å². The molecule has 5 heteroatoms. The smallest absolute Gasteiger partial charge is 0.191 e. The molecule has 0 bridgehead atoms. The summed E-state index contributed by atoms with van der Waals surface area (Å²) in [5, 5.41) is 7.90. The van der Waals surface area contributed by atoms with Crippen molar-refractivity contribution in [2.45, 2.75) is 6.92 Å². The lowest BCUT2D eigenvalue weighted by molar-refractivity contribution is 1.11. The van der Waals surface area contributed by atoms with Gasteiger partial charge in [-0.2, -0.15) is 5.10 Å². The maximum Gasteiger partial charge on any atom is 0.191 e. The van der Waals surface area contributed by atoms with Gasteiger partial charge in [-0.05, 0) is 19.1 Å². The van der Waals surface area contributed by atoms with Crippen LogP contribution in [0.4, 0.5) is 5.69 Å². The maximum absolute atomic E-state index is 5.31. The molecule has 0 aliphatic carbocycles. The number of hydrogen-bond acceptors (Lipinski definition) is 2. The average Bonchev–Trinajstić information content (AvgIpc) is 2.57. The molecule has 0 saturated carbocycles. The summed E-state index contributed by atoms with van der Waals surface area (Å²) in [6.45, 7) is 1.95. The molecule has 2 aromatic rings. The first-order chi connectivity index (χ1) is 6.68. The maximum atomic E-state index is 5.31. The molecule has 5 nitrogen and oxygen atoms in total. The predicted octanol–water partition coefficient (Wildman–Crippen LogP) is 0.776. The van der Waals surface area contributed by atoms with E-state index in [1.54, 1.807) is 6.20 Å². The number of nitrogens with two attached hydrogens (primary N) is 2. The van der Waals surface area contributed by atoms with Crippen LogP contribution < -0.4 is 11.5 Å². The van der Waals surface area contributed by atoms with Crippen molar-refractivity contribution in [1.82, 2.24) is 10.2 Å². The molecule has 0 aliphatic rings. The quantitative estimate of drug-likeness (QED) is 0.457. The van der Waals surface area contributed by atoms with E-state index >= 15 is 0 Å². The van der Waals surface area contributed by atoms with E-state index in [0.29, 0.717) is 0 Å². The molecule has 0 aliphatic heterocycles. The molecular weight excluding hydrogens is 178 g/mol. The summed E-state index contributed by atoms with van der Waals surface area (Å²) in [5.74, 6) is 0.0620. The topological polar surface area (TPSA) is 93.1 Å². The number of aromatic nitrogens is 2. The zero-order valence-corrected chi connectivity index (χ0v) is 7.78. The Labute approximate surface area is 80.8 Å². The van der Waals surface area contributed by atoms with Crippen molar-refractivity contribution in [2.75, 3.05) is 0 Å². The first-order valence-corrected chi connectivity index (χ1v) is 4.21. The van der Waals surface area contributed by atoms with Gasteiger partial charge in [-0.3, -0.25) is 5.10 Å². The van der Waals surface area contributed by atoms with Crippen LogP contribution >= 0.6 is 0 Å². The van der Waals surface area contributed by atoms with E-state index in [-0.39, 0.29) is 5.96 Å². The number of nitrogens with one attached hydrogen (secondary N) is 1. The van der Waals surface area contributed by atoms with Gasteiger partial charge in [0, 0.05) is 10.9 Å². The Hall–Kier alpha value is -2.04. The number of fused-ring (bicyclic) bond motifs is 1. The monoisotopic (exact) mass is 189 g/mol. The van der Waals surface area contributed by atoms with Gasteiger partial charge in [0.2, 0.25) is 0 Å². The molecule has 0 fully saturated rings. The normalized spacial score (nSPS) is 10.4. The number of rotatable bonds is 1. The molecule has 1 heterocycles. The van der Waals surface area contributed by atoms with Crippen LogP contribution in [-0.2, 0) is 0 Å². The zero-order chi connectivity index (χ0) is 10.1. The lowest BCUT2D eigenvalue weighted by Gasteiger charge is -2.01. The van der Waals surface area contributed by atoms with E-state index in [0.717, 1.165) is 22.2 Å². The van der Waals surface area contributed by atoms with E-state index in [4.69, 9.17) is 11.5 Å². The molecule has 5 N–H and O–H groups in total. The summed E-state index contributed by atoms with van der Waals surface area (Å²) in [4.78, 5) is 4.01. The van der Waals surface area contributed by atoms with Gasteiger partial charge in [0.05, 0.1) is 17.4 Å². The number of aromatic amines is 1. The molecule has 0 radical (unpaired) electrons. The van der Waals surface area contributed by atoms with Crippen LogP contribution in [0.5, 0.6) is 0 Å². The minimum Gasteiger partial charge on any atom is -0.370 e. The molecule has 0 atom stereocenters. The Morgan fingerprint density at radius 3 is 2.93 bits per heavy atom. The van der Waals surface area contributed by atoms with Crippen LogP contribution in [0.3, 0.4) is 0 Å². The molecule has 72 valence electrons. The SMILES string of the molecule is Cc1c(N=C(N)N)ccc2cn[nH]c12. The molecule has 1 aromatic carbocycles. The van der Waals surface area contributed by atoms with Crippen molar-refractivity contribution in [3.63, 3.8) is 0 Å². The van der Waals surface area contributed by atoms with E-state index in [9.17, 15) is 0 Å². The standard InChI is InChI=1S/C9H11N5/c1-5-7(13-9(10)11)3-2-6-4-12-14-8(5)6/h2-4H,1H3,(H,12,14)(H4,10,11,13). The third kappa shape index (κ3) is 1.28. The van der Waals surface area contributed by atoms with Crippen molar-refractivity contribution in [1.29, 1.82) is 0 Å². The second-order valence-electron chi connectivity index (χ2n) is 3.08. The van der Waals surface area contributed by atoms with Crippen molar-refractivity contribution in [2.24, 2.45) is 16.5 Å². The number of aryl methyl sites for hydroxylation is 1. The second kappa shape index (κ2) is 3.02. The third-order valence-corrected chi connectivity index (χ3v) is 2.10. The Kier molecular flexibility index (Phi) is 1.85. The summed E-state index contributed by atoms with van der Waals surface area (Å²) in [7, 11) is 0. The van der Waals surface area contributed by atoms with E-state index in [1.807, 2.05) is 19.1 Å². The minimum atomic E-state index is 0.0620. The van der Waals surface area contributed by atoms with Gasteiger partial charge in [0.25, 0.3) is 0 Å². The van der Waals surface area contributed by atoms with Crippen LogP contribution in [0, 0.1) is 6.92 Å². The Morgan fingerprint density at radius 1 is 1.43 bits per heavy atom. The van der Waals surface area contributed by atoms with Crippen molar-refractivity contribution >= 4 is 22.5 Å². The lowest BCUT2D eigenvalue weighted by Crippen LogP contribution is -2.22. The van der Waals surface area contributed by atoms with Crippen LogP contribution in [0.15, 0.2) is 23.3 Å². The highest BCUT2D eigenvalue weighted by atomic mass is 15.1. The Bertz CT molecular complexity index is 493. The average molecular weight is 189 g/mol. The van der Waals surface area contributed by atoms with Crippen LogP contribution in [0.2, 0.25) is 0 Å². The van der Waals surface area contributed by atoms with Gasteiger partial charge in [-0.25, -0.2) is 4.99 Å². The number of guanidine groups is 1. The fourth-order valence-electron chi connectivity index (χ4n) is 1.40. The van der Waals surface area contributed by atoms with Crippen LogP contribution in [-0.4, -0.2) is 16.2 Å². The summed E-state index contributed by atoms with van der Waals surface area (Å²) in [6, 6.07) is 3.79. The molecule has 0 unspecified atom stereocenters. The fraction of sp³-hybridized carbons (Fsp3) is 0.111. The van der Waals surface area contributed by atoms with E-state index in [1.165, 1.54) is 0 Å². The van der Waals surface area contributed by atoms with Gasteiger partial charge in [0.1, 0.15) is 0 Å². The first-order valence-electron chi connectivity index (χ1n) is 4.21. The van der Waals surface area contributed by atoms with Gasteiger partial charge in [-0.1, -0.05) is 0 Å². The van der Waals surface area contributed by atoms with Crippen molar-refractivity contribution < 1.29 is 0 Å². The molecular formula is C9H11N5. The molecule has 1 aromatic heterocycles. The number of H-pyrrole nitrogens is 1. The van der Waals surface area contributed by atoms with Crippen molar-refractivity contribution in [3.8, 4) is 0 Å². The zero-order valence-electron chi connectivity index (χ0n) is 7.78. The molecule has 2 rings (SSSR count). The fourth-order valence-corrected chi connectivity index (χ4v) is 1.40. The highest BCUT2D eigenvalue weighted by molar-refractivity contribution is 5.87. The van der Waals surface area contributed by atoms with Crippen LogP contribution in [0.1, 0.15) is 5.56 Å². The van der Waals surface area contributed by atoms with Gasteiger partial charge < -0.3 is 11.5 Å². The van der Waals surface area contributed by atoms with E-state index < -0.39 is 0 Å². The van der Waals surface area contributed by atoms with E-state index in [2.05, 4.69) is 15.2 Å². The first kappa shape index (κ1) is 8.55. The molecule has 0 spiro atoms. The van der Waals surface area contributed by atoms with Gasteiger partial charge in [0.15, 0.2) is 5.96 Å². The highest BCUT2D eigenvalue weighted by Crippen LogP contribution is 2.25. The largest absolute Gasteiger partial charge is 0.370 e. The summed E-state index contributed by atoms with van der Waals surface area (Å²) < 4.78 is 0. The predicted molar refractivity (Wildman–Crippen MR) is 56.3 cm³/mol. The molecule has 14 heavy (non-hydrogen) atoms. The van der Waals surface area contributed by atoms with Gasteiger partial charge >= 0.3 is 0 Å². The molecule has 0 amide bonds. The Morgan fingerprint density at radius 2 is 2.21 bits per heavy atom. The Balaban J connectivity index is 2.68. The summed E-state index contributed by atoms with van der Waals surface area (Å²) in [6.07, 6.45) is 1.77. The van der Waals surface area contributed by atoms with Crippen molar-refractivity contribution in [3.05, 3.63) is 23.9 Å². The number of aliphatic imine (C=N–C) groups is 1. The third-order valence-electron chi connectivity index (χ3n) is 2.10. The highest BCUT2D eigenvalue weighted by Gasteiger charge is 2.03.